The largest absolute Gasteiger partial charge is 0.354 e. The van der Waals surface area contributed by atoms with Crippen LogP contribution in [0.2, 0.25) is 0 Å². The molecule has 2 aliphatic rings. The zero-order chi connectivity index (χ0) is 16.3. The van der Waals surface area contributed by atoms with Crippen molar-refractivity contribution in [3.05, 3.63) is 24.5 Å². The minimum absolute atomic E-state index is 0.0127. The van der Waals surface area contributed by atoms with Crippen molar-refractivity contribution in [2.24, 2.45) is 5.41 Å². The van der Waals surface area contributed by atoms with Crippen LogP contribution in [0.1, 0.15) is 44.9 Å². The van der Waals surface area contributed by atoms with Gasteiger partial charge in [0.15, 0.2) is 9.84 Å². The molecule has 0 bridgehead atoms. The summed E-state index contributed by atoms with van der Waals surface area (Å²) in [6.45, 7) is 0.871. The molecule has 128 valence electrons. The van der Waals surface area contributed by atoms with Gasteiger partial charge >= 0.3 is 0 Å². The van der Waals surface area contributed by atoms with Crippen molar-refractivity contribution in [1.82, 2.24) is 9.88 Å². The molecule has 0 radical (unpaired) electrons. The monoisotopic (exact) mass is 338 g/mol. The topological polar surface area (TPSA) is 68.2 Å². The van der Waals surface area contributed by atoms with E-state index in [9.17, 15) is 13.2 Å². The Bertz CT molecular complexity index is 631. The maximum atomic E-state index is 12.5. The van der Waals surface area contributed by atoms with Gasteiger partial charge in [-0.3, -0.25) is 4.79 Å². The van der Waals surface area contributed by atoms with Crippen molar-refractivity contribution < 1.29 is 13.2 Å². The smallest absolute Gasteiger partial charge is 0.220 e. The van der Waals surface area contributed by atoms with Crippen molar-refractivity contribution in [1.29, 1.82) is 0 Å². The van der Waals surface area contributed by atoms with Gasteiger partial charge in [0.05, 0.1) is 11.5 Å². The first-order chi connectivity index (χ1) is 11.0. The Morgan fingerprint density at radius 3 is 2.48 bits per heavy atom. The third-order valence-corrected chi connectivity index (χ3v) is 7.00. The van der Waals surface area contributed by atoms with Crippen LogP contribution in [0.25, 0.3) is 0 Å². The fourth-order valence-corrected chi connectivity index (χ4v) is 5.76. The Kier molecular flexibility index (Phi) is 4.80. The van der Waals surface area contributed by atoms with E-state index in [4.69, 9.17) is 0 Å². The third kappa shape index (κ3) is 4.37. The number of hydrogen-bond donors (Lipinski definition) is 1. The van der Waals surface area contributed by atoms with Crippen LogP contribution in [0, 0.1) is 5.41 Å². The maximum absolute atomic E-state index is 12.5. The highest BCUT2D eigenvalue weighted by atomic mass is 32.2. The summed E-state index contributed by atoms with van der Waals surface area (Å²) in [5.74, 6) is 0.316. The molecule has 1 N–H and O–H groups in total. The molecule has 1 aromatic rings. The second-order valence-electron chi connectivity index (χ2n) is 7.26. The molecule has 1 amide bonds. The van der Waals surface area contributed by atoms with Crippen molar-refractivity contribution in [3.63, 3.8) is 0 Å². The molecule has 0 unspecified atom stereocenters. The van der Waals surface area contributed by atoms with Gasteiger partial charge in [0, 0.05) is 31.4 Å². The average Bonchev–Trinajstić information content (AvgIpc) is 3.09. The third-order valence-electron chi connectivity index (χ3n) is 5.23. The van der Waals surface area contributed by atoms with Crippen LogP contribution in [0.15, 0.2) is 24.5 Å². The minimum Gasteiger partial charge on any atom is -0.354 e. The molecule has 1 atom stereocenters. The van der Waals surface area contributed by atoms with E-state index in [-0.39, 0.29) is 28.9 Å². The fourth-order valence-electron chi connectivity index (χ4n) is 4.08. The number of amides is 1. The van der Waals surface area contributed by atoms with Crippen molar-refractivity contribution in [3.8, 4) is 0 Å². The molecule has 2 heterocycles. The first kappa shape index (κ1) is 16.6. The molecule has 1 aliphatic carbocycles. The average molecular weight is 338 g/mol. The van der Waals surface area contributed by atoms with Gasteiger partial charge in [-0.2, -0.15) is 0 Å². The quantitative estimate of drug-likeness (QED) is 0.894. The van der Waals surface area contributed by atoms with Gasteiger partial charge in [-0.15, -0.1) is 0 Å². The summed E-state index contributed by atoms with van der Waals surface area (Å²) in [5, 5.41) is 2.96. The first-order valence-corrected chi connectivity index (χ1v) is 10.4. The predicted octanol–water partition coefficient (Wildman–Crippen LogP) is 2.13. The Hall–Kier alpha value is -1.30. The molecule has 0 aromatic carbocycles. The molecular formula is C17H26N2O3S. The van der Waals surface area contributed by atoms with E-state index in [1.165, 1.54) is 19.3 Å². The van der Waals surface area contributed by atoms with Gasteiger partial charge in [0.25, 0.3) is 0 Å². The molecular weight excluding hydrogens is 312 g/mol. The van der Waals surface area contributed by atoms with Crippen molar-refractivity contribution in [2.45, 2.75) is 57.5 Å². The number of carbonyl (C=O) groups is 1. The zero-order valence-electron chi connectivity index (χ0n) is 13.5. The van der Waals surface area contributed by atoms with E-state index in [1.54, 1.807) is 0 Å². The highest BCUT2D eigenvalue weighted by Crippen LogP contribution is 2.41. The Morgan fingerprint density at radius 1 is 1.17 bits per heavy atom. The lowest BCUT2D eigenvalue weighted by molar-refractivity contribution is -0.124. The summed E-state index contributed by atoms with van der Waals surface area (Å²) in [6.07, 6.45) is 10.9. The Balaban J connectivity index is 1.62. The SMILES string of the molecule is O=C(CC1(Cn2cccc2)CCCCC1)N[C@@H]1CCS(=O)(=O)C1. The number of rotatable bonds is 5. The molecule has 6 heteroatoms. The van der Waals surface area contributed by atoms with E-state index < -0.39 is 9.84 Å². The number of nitrogens with zero attached hydrogens (tertiary/aromatic N) is 1. The molecule has 23 heavy (non-hydrogen) atoms. The van der Waals surface area contributed by atoms with Crippen LogP contribution in [0.3, 0.4) is 0 Å². The molecule has 1 saturated carbocycles. The van der Waals surface area contributed by atoms with Gasteiger partial charge in [0.1, 0.15) is 0 Å². The highest BCUT2D eigenvalue weighted by Gasteiger charge is 2.36. The fraction of sp³-hybridized carbons (Fsp3) is 0.706. The van der Waals surface area contributed by atoms with E-state index in [0.717, 1.165) is 19.4 Å². The van der Waals surface area contributed by atoms with E-state index >= 15 is 0 Å². The number of nitrogens with one attached hydrogen (secondary N) is 1. The second kappa shape index (κ2) is 6.67. The molecule has 3 rings (SSSR count). The molecule has 0 spiro atoms. The summed E-state index contributed by atoms with van der Waals surface area (Å²) in [6, 6.07) is 3.83. The summed E-state index contributed by atoms with van der Waals surface area (Å²) >= 11 is 0. The predicted molar refractivity (Wildman–Crippen MR) is 89.8 cm³/mol. The van der Waals surface area contributed by atoms with Crippen LogP contribution >= 0.6 is 0 Å². The minimum atomic E-state index is -2.95. The summed E-state index contributed by atoms with van der Waals surface area (Å²) < 4.78 is 25.2. The van der Waals surface area contributed by atoms with Crippen LogP contribution < -0.4 is 5.32 Å². The van der Waals surface area contributed by atoms with Gasteiger partial charge in [-0.1, -0.05) is 19.3 Å². The van der Waals surface area contributed by atoms with Gasteiger partial charge in [-0.05, 0) is 36.8 Å². The number of aromatic nitrogens is 1. The summed E-state index contributed by atoms with van der Waals surface area (Å²) in [4.78, 5) is 12.5. The summed E-state index contributed by atoms with van der Waals surface area (Å²) in [5.41, 5.74) is 0.0127. The summed E-state index contributed by atoms with van der Waals surface area (Å²) in [7, 11) is -2.95. The van der Waals surface area contributed by atoms with Gasteiger partial charge in [0.2, 0.25) is 5.91 Å². The lowest BCUT2D eigenvalue weighted by atomic mass is 9.71. The first-order valence-electron chi connectivity index (χ1n) is 8.57. The maximum Gasteiger partial charge on any atom is 0.220 e. The van der Waals surface area contributed by atoms with Crippen LogP contribution in [-0.2, 0) is 21.2 Å². The lowest BCUT2D eigenvalue weighted by Gasteiger charge is -2.37. The zero-order valence-corrected chi connectivity index (χ0v) is 14.4. The van der Waals surface area contributed by atoms with Crippen molar-refractivity contribution in [2.75, 3.05) is 11.5 Å². The van der Waals surface area contributed by atoms with Crippen LogP contribution in [-0.4, -0.2) is 36.4 Å². The van der Waals surface area contributed by atoms with Crippen LogP contribution in [0.5, 0.6) is 0 Å². The van der Waals surface area contributed by atoms with Crippen LogP contribution in [0.4, 0.5) is 0 Å². The van der Waals surface area contributed by atoms with E-state index in [0.29, 0.717) is 12.8 Å². The highest BCUT2D eigenvalue weighted by molar-refractivity contribution is 7.91. The Morgan fingerprint density at radius 2 is 1.87 bits per heavy atom. The number of hydrogen-bond acceptors (Lipinski definition) is 3. The lowest BCUT2D eigenvalue weighted by Crippen LogP contribution is -2.41. The van der Waals surface area contributed by atoms with E-state index in [2.05, 4.69) is 22.3 Å². The molecule has 2 fully saturated rings. The second-order valence-corrected chi connectivity index (χ2v) is 9.49. The van der Waals surface area contributed by atoms with E-state index in [1.807, 2.05) is 12.1 Å². The molecule has 1 aliphatic heterocycles. The molecule has 1 saturated heterocycles. The Labute approximate surface area is 138 Å². The molecule has 5 nitrogen and oxygen atoms in total. The number of sulfone groups is 1. The van der Waals surface area contributed by atoms with Gasteiger partial charge in [-0.25, -0.2) is 8.42 Å². The van der Waals surface area contributed by atoms with Gasteiger partial charge < -0.3 is 9.88 Å². The normalized spacial score (nSPS) is 26.0. The van der Waals surface area contributed by atoms with Crippen molar-refractivity contribution >= 4 is 15.7 Å². The molecule has 1 aromatic heterocycles. The standard InChI is InChI=1S/C17H26N2O3S/c20-16(18-15-6-11-23(21,22)13-15)12-17(7-2-1-3-8-17)14-19-9-4-5-10-19/h4-5,9-10,15H,1-3,6-8,11-14H2,(H,18,20)/t15-/m1/s1. The number of carbonyl (C=O) groups excluding carboxylic acids is 1.